The summed E-state index contributed by atoms with van der Waals surface area (Å²) in [6.07, 6.45) is 6.73. The fourth-order valence-electron chi connectivity index (χ4n) is 2.39. The Morgan fingerprint density at radius 2 is 2.19 bits per heavy atom. The van der Waals surface area contributed by atoms with Crippen molar-refractivity contribution < 1.29 is 4.74 Å². The van der Waals surface area contributed by atoms with Crippen LogP contribution in [0.2, 0.25) is 5.02 Å². The van der Waals surface area contributed by atoms with Crippen molar-refractivity contribution in [2.45, 2.75) is 6.92 Å². The Bertz CT molecular complexity index is 1120. The van der Waals surface area contributed by atoms with Crippen molar-refractivity contribution in [1.29, 1.82) is 0 Å². The minimum absolute atomic E-state index is 0.118. The fourth-order valence-corrected chi connectivity index (χ4v) is 2.93. The molecule has 0 unspecified atom stereocenters. The van der Waals surface area contributed by atoms with Crippen molar-refractivity contribution in [3.8, 4) is 18.1 Å². The average molecular weight is 431 g/mol. The van der Waals surface area contributed by atoms with E-state index in [-0.39, 0.29) is 12.2 Å². The van der Waals surface area contributed by atoms with Crippen LogP contribution in [0.25, 0.3) is 10.9 Å². The number of fused-ring (bicyclic) bond motifs is 1. The monoisotopic (exact) mass is 429 g/mol. The molecule has 0 amide bonds. The van der Waals surface area contributed by atoms with Crippen LogP contribution in [0.5, 0.6) is 5.75 Å². The molecule has 0 aliphatic heterocycles. The third kappa shape index (κ3) is 3.79. The number of aryl methyl sites for hydroxylation is 1. The molecule has 1 aromatic heterocycles. The molecule has 1 heterocycles. The molecule has 0 fully saturated rings. The van der Waals surface area contributed by atoms with Crippen LogP contribution in [-0.4, -0.2) is 22.5 Å². The lowest BCUT2D eigenvalue weighted by Gasteiger charge is -2.08. The van der Waals surface area contributed by atoms with Crippen LogP contribution in [0.15, 0.2) is 50.8 Å². The van der Waals surface area contributed by atoms with Gasteiger partial charge < -0.3 is 4.74 Å². The van der Waals surface area contributed by atoms with Gasteiger partial charge in [0.25, 0.3) is 5.56 Å². The summed E-state index contributed by atoms with van der Waals surface area (Å²) in [6, 6.07) is 10.4. The number of halogens is 2. The van der Waals surface area contributed by atoms with Crippen LogP contribution in [-0.2, 0) is 0 Å². The van der Waals surface area contributed by atoms with Gasteiger partial charge in [-0.2, -0.15) is 9.78 Å². The van der Waals surface area contributed by atoms with Gasteiger partial charge in [-0.25, -0.2) is 4.98 Å². The zero-order valence-electron chi connectivity index (χ0n) is 13.7. The molecule has 26 heavy (non-hydrogen) atoms. The van der Waals surface area contributed by atoms with Crippen LogP contribution in [0.3, 0.4) is 0 Å². The van der Waals surface area contributed by atoms with Crippen molar-refractivity contribution in [2.24, 2.45) is 5.10 Å². The first-order valence-electron chi connectivity index (χ1n) is 7.58. The SMILES string of the molecule is C#CCOc1ccc(Cl)cc1C=Nn1c(C)nc2ccc(Br)cc2c1=O. The highest BCUT2D eigenvalue weighted by atomic mass is 79.9. The van der Waals surface area contributed by atoms with Gasteiger partial charge in [0.05, 0.1) is 17.1 Å². The minimum atomic E-state index is -0.266. The lowest BCUT2D eigenvalue weighted by molar-refractivity contribution is 0.370. The molecule has 5 nitrogen and oxygen atoms in total. The normalized spacial score (nSPS) is 11.0. The maximum Gasteiger partial charge on any atom is 0.282 e. The van der Waals surface area contributed by atoms with Crippen LogP contribution in [0, 0.1) is 19.3 Å². The van der Waals surface area contributed by atoms with Gasteiger partial charge in [-0.15, -0.1) is 6.42 Å². The van der Waals surface area contributed by atoms with E-state index < -0.39 is 0 Å². The van der Waals surface area contributed by atoms with Gasteiger partial charge in [0.1, 0.15) is 18.2 Å². The van der Waals surface area contributed by atoms with Crippen LogP contribution >= 0.6 is 27.5 Å². The first kappa shape index (κ1) is 18.2. The summed E-state index contributed by atoms with van der Waals surface area (Å²) < 4.78 is 7.51. The Morgan fingerprint density at radius 3 is 2.96 bits per heavy atom. The highest BCUT2D eigenvalue weighted by Crippen LogP contribution is 2.21. The van der Waals surface area contributed by atoms with Gasteiger partial charge in [0.2, 0.25) is 0 Å². The molecule has 0 spiro atoms. The molecular weight excluding hydrogens is 418 g/mol. The van der Waals surface area contributed by atoms with Gasteiger partial charge in [-0.1, -0.05) is 33.5 Å². The number of nitrogens with zero attached hydrogens (tertiary/aromatic N) is 3. The summed E-state index contributed by atoms with van der Waals surface area (Å²) in [5, 5.41) is 5.26. The highest BCUT2D eigenvalue weighted by Gasteiger charge is 2.08. The predicted octanol–water partition coefficient (Wildman–Crippen LogP) is 4.02. The van der Waals surface area contributed by atoms with Gasteiger partial charge in [-0.05, 0) is 43.3 Å². The molecule has 0 bridgehead atoms. The second-order valence-corrected chi connectivity index (χ2v) is 6.71. The van der Waals surface area contributed by atoms with E-state index in [1.165, 1.54) is 10.9 Å². The topological polar surface area (TPSA) is 56.5 Å². The largest absolute Gasteiger partial charge is 0.480 e. The lowest BCUT2D eigenvalue weighted by atomic mass is 10.2. The third-order valence-corrected chi connectivity index (χ3v) is 4.29. The zero-order chi connectivity index (χ0) is 18.7. The molecule has 7 heteroatoms. The van der Waals surface area contributed by atoms with Gasteiger partial charge >= 0.3 is 0 Å². The first-order valence-corrected chi connectivity index (χ1v) is 8.76. The molecule has 3 aromatic rings. The average Bonchev–Trinajstić information content (AvgIpc) is 2.61. The molecular formula is C19H13BrClN3O2. The number of ether oxygens (including phenoxy) is 1. The molecule has 0 saturated heterocycles. The predicted molar refractivity (Wildman–Crippen MR) is 107 cm³/mol. The van der Waals surface area contributed by atoms with Gasteiger partial charge in [0, 0.05) is 15.1 Å². The van der Waals surface area contributed by atoms with Gasteiger partial charge in [-0.3, -0.25) is 4.79 Å². The summed E-state index contributed by atoms with van der Waals surface area (Å²) in [6.45, 7) is 1.83. The van der Waals surface area contributed by atoms with Crippen molar-refractivity contribution in [1.82, 2.24) is 9.66 Å². The van der Waals surface area contributed by atoms with Crippen molar-refractivity contribution in [3.63, 3.8) is 0 Å². The number of terminal acetylenes is 1. The summed E-state index contributed by atoms with van der Waals surface area (Å²) in [5.41, 5.74) is 0.953. The molecule has 0 radical (unpaired) electrons. The number of hydrogen-bond donors (Lipinski definition) is 0. The Hall–Kier alpha value is -2.62. The van der Waals surface area contributed by atoms with E-state index in [0.717, 1.165) is 4.47 Å². The number of benzene rings is 2. The summed E-state index contributed by atoms with van der Waals surface area (Å²) in [5.74, 6) is 3.40. The van der Waals surface area contributed by atoms with E-state index in [0.29, 0.717) is 33.1 Å². The minimum Gasteiger partial charge on any atom is -0.480 e. The summed E-state index contributed by atoms with van der Waals surface area (Å²) in [4.78, 5) is 17.2. The Labute approximate surface area is 163 Å². The molecule has 0 N–H and O–H groups in total. The van der Waals surface area contributed by atoms with E-state index in [1.807, 2.05) is 6.07 Å². The molecule has 0 saturated carbocycles. The van der Waals surface area contributed by atoms with Crippen LogP contribution < -0.4 is 10.3 Å². The number of hydrogen-bond acceptors (Lipinski definition) is 4. The Kier molecular flexibility index (Phi) is 5.40. The standard InChI is InChI=1S/C19H13BrClN3O2/c1-3-8-26-18-7-5-15(21)9-13(18)11-22-24-12(2)23-17-6-4-14(20)10-16(17)19(24)25/h1,4-7,9-11H,8H2,2H3. The maximum atomic E-state index is 12.8. The molecule has 3 rings (SSSR count). The zero-order valence-corrected chi connectivity index (χ0v) is 16.1. The molecule has 130 valence electrons. The molecule has 0 aliphatic carbocycles. The van der Waals surface area contributed by atoms with E-state index in [1.54, 1.807) is 37.3 Å². The van der Waals surface area contributed by atoms with Crippen LogP contribution in [0.1, 0.15) is 11.4 Å². The lowest BCUT2D eigenvalue weighted by Crippen LogP contribution is -2.20. The molecule has 0 aliphatic rings. The molecule has 2 aromatic carbocycles. The van der Waals surface area contributed by atoms with Crippen molar-refractivity contribution in [2.75, 3.05) is 6.61 Å². The van der Waals surface area contributed by atoms with E-state index in [4.69, 9.17) is 22.8 Å². The van der Waals surface area contributed by atoms with E-state index in [2.05, 4.69) is 31.9 Å². The van der Waals surface area contributed by atoms with Crippen molar-refractivity contribution in [3.05, 3.63) is 67.6 Å². The smallest absolute Gasteiger partial charge is 0.282 e. The summed E-state index contributed by atoms with van der Waals surface area (Å²) >= 11 is 9.41. The second kappa shape index (κ2) is 7.73. The van der Waals surface area contributed by atoms with Gasteiger partial charge in [0.15, 0.2) is 0 Å². The second-order valence-electron chi connectivity index (χ2n) is 5.36. The number of rotatable bonds is 4. The van der Waals surface area contributed by atoms with E-state index in [9.17, 15) is 4.79 Å². The van der Waals surface area contributed by atoms with Crippen molar-refractivity contribution >= 4 is 44.6 Å². The Balaban J connectivity index is 2.08. The summed E-state index contributed by atoms with van der Waals surface area (Å²) in [7, 11) is 0. The maximum absolute atomic E-state index is 12.8. The fraction of sp³-hybridized carbons (Fsp3) is 0.105. The van der Waals surface area contributed by atoms with E-state index >= 15 is 0 Å². The van der Waals surface area contributed by atoms with Crippen LogP contribution in [0.4, 0.5) is 0 Å². The highest BCUT2D eigenvalue weighted by molar-refractivity contribution is 9.10. The first-order chi connectivity index (χ1) is 12.5. The molecule has 0 atom stereocenters. The quantitative estimate of drug-likeness (QED) is 0.464. The third-order valence-electron chi connectivity index (χ3n) is 3.57. The Morgan fingerprint density at radius 1 is 1.38 bits per heavy atom. The number of aromatic nitrogens is 2.